The minimum absolute atomic E-state index is 0.817. The maximum absolute atomic E-state index is 12.7. The van der Waals surface area contributed by atoms with E-state index in [1.54, 1.807) is 6.26 Å². The van der Waals surface area contributed by atoms with Crippen LogP contribution in [0.4, 0.5) is 17.1 Å². The number of fused-ring (bicyclic) bond motifs is 1. The molecular weight excluding hydrogens is 490 g/mol. The highest BCUT2D eigenvalue weighted by Crippen LogP contribution is 2.41. The molecule has 5 rings (SSSR count). The zero-order valence-electron chi connectivity index (χ0n) is 18.1. The number of hydrogen-bond acceptors (Lipinski definition) is 2. The zero-order chi connectivity index (χ0) is 22.8. The van der Waals surface area contributed by atoms with Crippen LogP contribution in [0.25, 0.3) is 21.9 Å². The zero-order valence-corrected chi connectivity index (χ0v) is 20.5. The topological polar surface area (TPSA) is 20.3 Å². The van der Waals surface area contributed by atoms with Crippen LogP contribution in [0.1, 0.15) is 0 Å². The lowest BCUT2D eigenvalue weighted by molar-refractivity contribution is 0.687. The molecule has 1 atom stereocenters. The van der Waals surface area contributed by atoms with Crippen LogP contribution in [0, 0.1) is 0 Å². The average molecular weight is 512 g/mol. The van der Waals surface area contributed by atoms with Crippen LogP contribution in [0.3, 0.4) is 0 Å². The Kier molecular flexibility index (Phi) is 6.12. The van der Waals surface area contributed by atoms with E-state index < -0.39 is 10.8 Å². The molecule has 0 aliphatic rings. The summed E-state index contributed by atoms with van der Waals surface area (Å²) in [5.41, 5.74) is 5.27. The van der Waals surface area contributed by atoms with Gasteiger partial charge in [0.1, 0.15) is 0 Å². The molecule has 0 N–H and O–H groups in total. The number of rotatable bonds is 5. The molecule has 0 aromatic heterocycles. The predicted octanol–water partition coefficient (Wildman–Crippen LogP) is 8.48. The number of para-hydroxylation sites is 2. The second-order valence-electron chi connectivity index (χ2n) is 7.82. The first-order chi connectivity index (χ1) is 16.1. The molecule has 5 aromatic carbocycles. The van der Waals surface area contributed by atoms with E-state index in [-0.39, 0.29) is 0 Å². The van der Waals surface area contributed by atoms with Crippen LogP contribution in [0.5, 0.6) is 0 Å². The molecule has 2 nitrogen and oxygen atoms in total. The van der Waals surface area contributed by atoms with Crippen molar-refractivity contribution in [2.75, 3.05) is 11.2 Å². The highest BCUT2D eigenvalue weighted by molar-refractivity contribution is 9.10. The van der Waals surface area contributed by atoms with Gasteiger partial charge in [0, 0.05) is 32.7 Å². The molecule has 0 saturated heterocycles. The summed E-state index contributed by atoms with van der Waals surface area (Å²) >= 11 is 3.54. The second kappa shape index (κ2) is 9.34. The molecule has 5 aromatic rings. The van der Waals surface area contributed by atoms with E-state index in [4.69, 9.17) is 0 Å². The highest BCUT2D eigenvalue weighted by atomic mass is 79.9. The van der Waals surface area contributed by atoms with Gasteiger partial charge in [-0.2, -0.15) is 0 Å². The SMILES string of the molecule is CS(=O)c1cc(Br)ccc1-c1cc(N(c2ccccc2)c2ccccc2)cc2ccccc12. The smallest absolute Gasteiger partial charge is 0.0504 e. The van der Waals surface area contributed by atoms with Crippen LogP contribution in [-0.4, -0.2) is 10.5 Å². The standard InChI is InChI=1S/C29H22BrNOS/c1-33(32)29-19-22(30)16-17-27(29)28-20-25(18-21-10-8-9-15-26(21)28)31(23-11-4-2-5-12-23)24-13-6-3-7-14-24/h2-20H,1H3. The molecule has 0 spiro atoms. The van der Waals surface area contributed by atoms with E-state index in [1.807, 2.05) is 24.3 Å². The van der Waals surface area contributed by atoms with Crippen LogP contribution in [-0.2, 0) is 10.8 Å². The molecule has 0 fully saturated rings. The molecule has 0 aliphatic carbocycles. The van der Waals surface area contributed by atoms with Gasteiger partial charge in [0.05, 0.1) is 10.8 Å². The molecule has 4 heteroatoms. The van der Waals surface area contributed by atoms with Crippen LogP contribution >= 0.6 is 15.9 Å². The number of anilines is 3. The van der Waals surface area contributed by atoms with Gasteiger partial charge in [-0.25, -0.2) is 0 Å². The molecule has 0 aliphatic heterocycles. The Bertz CT molecular complexity index is 1410. The van der Waals surface area contributed by atoms with Crippen molar-refractivity contribution in [3.05, 3.63) is 120 Å². The first kappa shape index (κ1) is 21.6. The molecule has 0 saturated carbocycles. The molecule has 162 valence electrons. The average Bonchev–Trinajstić information content (AvgIpc) is 2.85. The molecular formula is C29H22BrNOS. The molecule has 0 radical (unpaired) electrons. The Labute approximate surface area is 205 Å². The molecule has 1 unspecified atom stereocenters. The summed E-state index contributed by atoms with van der Waals surface area (Å²) in [5, 5.41) is 2.27. The predicted molar refractivity (Wildman–Crippen MR) is 144 cm³/mol. The summed E-state index contributed by atoms with van der Waals surface area (Å²) in [5.74, 6) is 0. The van der Waals surface area contributed by atoms with Crippen LogP contribution in [0.15, 0.2) is 125 Å². The Morgan fingerprint density at radius 2 is 1.24 bits per heavy atom. The third-order valence-corrected chi connectivity index (χ3v) is 7.13. The van der Waals surface area contributed by atoms with Crippen molar-refractivity contribution in [2.45, 2.75) is 4.90 Å². The maximum Gasteiger partial charge on any atom is 0.0504 e. The highest BCUT2D eigenvalue weighted by Gasteiger charge is 2.17. The fourth-order valence-corrected chi connectivity index (χ4v) is 5.50. The van der Waals surface area contributed by atoms with Crippen molar-refractivity contribution < 1.29 is 4.21 Å². The van der Waals surface area contributed by atoms with E-state index in [0.29, 0.717) is 0 Å². The number of halogens is 1. The molecule has 33 heavy (non-hydrogen) atoms. The number of benzene rings is 5. The fourth-order valence-electron chi connectivity index (χ4n) is 4.20. The molecule has 0 bridgehead atoms. The third kappa shape index (κ3) is 4.37. The first-order valence-corrected chi connectivity index (χ1v) is 13.0. The number of nitrogens with zero attached hydrogens (tertiary/aromatic N) is 1. The summed E-state index contributed by atoms with van der Waals surface area (Å²) in [6.45, 7) is 0. The van der Waals surface area contributed by atoms with E-state index >= 15 is 0 Å². The Morgan fingerprint density at radius 1 is 0.636 bits per heavy atom. The second-order valence-corrected chi connectivity index (χ2v) is 10.1. The minimum atomic E-state index is -1.13. The van der Waals surface area contributed by atoms with Gasteiger partial charge in [-0.3, -0.25) is 4.21 Å². The summed E-state index contributed by atoms with van der Waals surface area (Å²) in [7, 11) is -1.13. The van der Waals surface area contributed by atoms with Gasteiger partial charge < -0.3 is 4.90 Å². The Hall–Kier alpha value is -3.21. The van der Waals surface area contributed by atoms with Crippen molar-refractivity contribution >= 4 is 54.6 Å². The van der Waals surface area contributed by atoms with Gasteiger partial charge in [-0.1, -0.05) is 82.7 Å². The van der Waals surface area contributed by atoms with Gasteiger partial charge in [0.2, 0.25) is 0 Å². The minimum Gasteiger partial charge on any atom is -0.310 e. The van der Waals surface area contributed by atoms with Crippen LogP contribution < -0.4 is 4.90 Å². The van der Waals surface area contributed by atoms with Crippen molar-refractivity contribution in [2.24, 2.45) is 0 Å². The lowest BCUT2D eigenvalue weighted by Crippen LogP contribution is -2.10. The summed E-state index contributed by atoms with van der Waals surface area (Å²) in [6, 6.07) is 39.6. The normalized spacial score (nSPS) is 11.9. The van der Waals surface area contributed by atoms with Crippen molar-refractivity contribution in [1.29, 1.82) is 0 Å². The van der Waals surface area contributed by atoms with Gasteiger partial charge in [0.15, 0.2) is 0 Å². The van der Waals surface area contributed by atoms with E-state index in [9.17, 15) is 4.21 Å². The fraction of sp³-hybridized carbons (Fsp3) is 0.0345. The molecule has 0 amide bonds. The quantitative estimate of drug-likeness (QED) is 0.235. The van der Waals surface area contributed by atoms with Crippen molar-refractivity contribution in [1.82, 2.24) is 0 Å². The van der Waals surface area contributed by atoms with E-state index in [1.165, 1.54) is 0 Å². The Balaban J connectivity index is 1.81. The summed E-state index contributed by atoms with van der Waals surface area (Å²) < 4.78 is 13.6. The van der Waals surface area contributed by atoms with Crippen molar-refractivity contribution in [3.8, 4) is 11.1 Å². The Morgan fingerprint density at radius 3 is 1.88 bits per heavy atom. The summed E-state index contributed by atoms with van der Waals surface area (Å²) in [6.07, 6.45) is 1.73. The van der Waals surface area contributed by atoms with Gasteiger partial charge >= 0.3 is 0 Å². The van der Waals surface area contributed by atoms with Gasteiger partial charge in [-0.05, 0) is 70.4 Å². The van der Waals surface area contributed by atoms with E-state index in [0.717, 1.165) is 48.3 Å². The lowest BCUT2D eigenvalue weighted by Gasteiger charge is -2.27. The van der Waals surface area contributed by atoms with Gasteiger partial charge in [0.25, 0.3) is 0 Å². The van der Waals surface area contributed by atoms with E-state index in [2.05, 4.69) is 112 Å². The number of hydrogen-bond donors (Lipinski definition) is 0. The first-order valence-electron chi connectivity index (χ1n) is 10.7. The molecule has 0 heterocycles. The largest absolute Gasteiger partial charge is 0.310 e. The van der Waals surface area contributed by atoms with Gasteiger partial charge in [-0.15, -0.1) is 0 Å². The maximum atomic E-state index is 12.7. The van der Waals surface area contributed by atoms with Crippen LogP contribution in [0.2, 0.25) is 0 Å². The lowest BCUT2D eigenvalue weighted by atomic mass is 9.96. The van der Waals surface area contributed by atoms with Crippen molar-refractivity contribution in [3.63, 3.8) is 0 Å². The monoisotopic (exact) mass is 511 g/mol. The summed E-state index contributed by atoms with van der Waals surface area (Å²) in [4.78, 5) is 3.08. The third-order valence-electron chi connectivity index (χ3n) is 5.68.